The van der Waals surface area contributed by atoms with Crippen molar-refractivity contribution in [3.8, 4) is 0 Å². The molecular formula is C31H60O3. The van der Waals surface area contributed by atoms with Crippen molar-refractivity contribution in [3.05, 3.63) is 0 Å². The molecule has 3 heteroatoms. The highest BCUT2D eigenvalue weighted by Gasteiger charge is 2.61. The molecular weight excluding hydrogens is 420 g/mol. The van der Waals surface area contributed by atoms with E-state index in [1.54, 1.807) is 0 Å². The van der Waals surface area contributed by atoms with E-state index in [-0.39, 0.29) is 17.6 Å². The number of aliphatic hydroxyl groups excluding tert-OH is 2. The van der Waals surface area contributed by atoms with Crippen LogP contribution >= 0.6 is 0 Å². The van der Waals surface area contributed by atoms with Crippen LogP contribution in [0.3, 0.4) is 0 Å². The first-order valence-electron chi connectivity index (χ1n) is 15.3. The standard InChI is InChI=1S/C26H46O3.C3H8.C2H6/c1-4-5-6-7-13-26(3,29)24-11-10-22-20-16-23(28)21-15-17(27)8-9-18(21)19(20)12-14-25(22,24)2;1-3-2;1-2/h17-24,27-29H,4-16H2,1-3H3;3H2,1-2H3;1-2H3/t17?,18?,19-,20?,21?,22+,23+,24?,25?,26+;;/m1../s1. The van der Waals surface area contributed by atoms with E-state index in [0.29, 0.717) is 29.6 Å². The summed E-state index contributed by atoms with van der Waals surface area (Å²) < 4.78 is 0. The predicted molar refractivity (Wildman–Crippen MR) is 145 cm³/mol. The Balaban J connectivity index is 0.000000758. The van der Waals surface area contributed by atoms with Crippen LogP contribution in [0.1, 0.15) is 138 Å². The average Bonchev–Trinajstić information content (AvgIpc) is 3.17. The van der Waals surface area contributed by atoms with Gasteiger partial charge in [0, 0.05) is 0 Å². The van der Waals surface area contributed by atoms with Crippen LogP contribution in [0, 0.1) is 40.9 Å². The Bertz CT molecular complexity index is 575. The normalized spacial score (nSPS) is 42.5. The minimum absolute atomic E-state index is 0.199. The van der Waals surface area contributed by atoms with Crippen molar-refractivity contribution >= 4 is 0 Å². The van der Waals surface area contributed by atoms with Crippen molar-refractivity contribution in [1.29, 1.82) is 0 Å². The second-order valence-electron chi connectivity index (χ2n) is 12.6. The quantitative estimate of drug-likeness (QED) is 0.341. The van der Waals surface area contributed by atoms with Crippen LogP contribution in [0.2, 0.25) is 0 Å². The van der Waals surface area contributed by atoms with Crippen molar-refractivity contribution in [2.75, 3.05) is 0 Å². The molecule has 0 saturated heterocycles. The highest BCUT2D eigenvalue weighted by atomic mass is 16.3. The lowest BCUT2D eigenvalue weighted by molar-refractivity contribution is -0.143. The van der Waals surface area contributed by atoms with E-state index in [9.17, 15) is 15.3 Å². The van der Waals surface area contributed by atoms with Crippen LogP contribution < -0.4 is 0 Å². The number of fused-ring (bicyclic) bond motifs is 5. The summed E-state index contributed by atoms with van der Waals surface area (Å²) in [4.78, 5) is 0. The fourth-order valence-corrected chi connectivity index (χ4v) is 8.93. The molecule has 0 spiro atoms. The van der Waals surface area contributed by atoms with Crippen molar-refractivity contribution in [1.82, 2.24) is 0 Å². The van der Waals surface area contributed by atoms with Gasteiger partial charge < -0.3 is 15.3 Å². The van der Waals surface area contributed by atoms with E-state index in [1.165, 1.54) is 44.9 Å². The third kappa shape index (κ3) is 6.41. The number of unbranched alkanes of at least 4 members (excludes halogenated alkanes) is 3. The smallest absolute Gasteiger partial charge is 0.0653 e. The molecule has 0 aromatic carbocycles. The molecule has 4 aliphatic carbocycles. The Kier molecular flexibility index (Phi) is 11.9. The molecule has 34 heavy (non-hydrogen) atoms. The third-order valence-corrected chi connectivity index (χ3v) is 10.3. The molecule has 10 atom stereocenters. The van der Waals surface area contributed by atoms with Crippen molar-refractivity contribution in [2.24, 2.45) is 40.9 Å². The molecule has 0 bridgehead atoms. The van der Waals surface area contributed by atoms with Gasteiger partial charge in [0.25, 0.3) is 0 Å². The Morgan fingerprint density at radius 1 is 0.794 bits per heavy atom. The van der Waals surface area contributed by atoms with Crippen molar-refractivity contribution in [3.63, 3.8) is 0 Å². The monoisotopic (exact) mass is 480 g/mol. The molecule has 4 rings (SSSR count). The van der Waals surface area contributed by atoms with E-state index in [1.807, 2.05) is 13.8 Å². The van der Waals surface area contributed by atoms with Gasteiger partial charge in [0.1, 0.15) is 0 Å². The summed E-state index contributed by atoms with van der Waals surface area (Å²) >= 11 is 0. The van der Waals surface area contributed by atoms with Gasteiger partial charge in [-0.15, -0.1) is 0 Å². The molecule has 3 N–H and O–H groups in total. The Morgan fingerprint density at radius 3 is 2.09 bits per heavy atom. The zero-order chi connectivity index (χ0) is 25.5. The molecule has 4 saturated carbocycles. The second kappa shape index (κ2) is 13.4. The minimum Gasteiger partial charge on any atom is -0.393 e. The lowest BCUT2D eigenvalue weighted by Gasteiger charge is -2.58. The topological polar surface area (TPSA) is 60.7 Å². The van der Waals surface area contributed by atoms with Crippen molar-refractivity contribution < 1.29 is 15.3 Å². The van der Waals surface area contributed by atoms with Gasteiger partial charge in [0.15, 0.2) is 0 Å². The van der Waals surface area contributed by atoms with Gasteiger partial charge in [-0.2, -0.15) is 0 Å². The summed E-state index contributed by atoms with van der Waals surface area (Å²) in [6.07, 6.45) is 15.4. The molecule has 0 heterocycles. The van der Waals surface area contributed by atoms with E-state index >= 15 is 0 Å². The maximum absolute atomic E-state index is 11.5. The minimum atomic E-state index is -0.547. The van der Waals surface area contributed by atoms with Gasteiger partial charge in [0.05, 0.1) is 17.8 Å². The Labute approximate surface area is 212 Å². The average molecular weight is 481 g/mol. The number of hydrogen-bond donors (Lipinski definition) is 3. The molecule has 0 aromatic rings. The maximum Gasteiger partial charge on any atom is 0.0653 e. The predicted octanol–water partition coefficient (Wildman–Crippen LogP) is 7.75. The van der Waals surface area contributed by atoms with E-state index < -0.39 is 5.60 Å². The van der Waals surface area contributed by atoms with Gasteiger partial charge in [0.2, 0.25) is 0 Å². The molecule has 0 amide bonds. The highest BCUT2D eigenvalue weighted by molar-refractivity contribution is 5.10. The highest BCUT2D eigenvalue weighted by Crippen LogP contribution is 2.66. The second-order valence-corrected chi connectivity index (χ2v) is 12.6. The maximum atomic E-state index is 11.5. The number of hydrogen-bond acceptors (Lipinski definition) is 3. The molecule has 6 unspecified atom stereocenters. The first kappa shape index (κ1) is 30.1. The van der Waals surface area contributed by atoms with E-state index in [0.717, 1.165) is 50.9 Å². The molecule has 4 fully saturated rings. The first-order chi connectivity index (χ1) is 16.2. The lowest BCUT2D eigenvalue weighted by Crippen LogP contribution is -2.55. The molecule has 4 aliphatic rings. The number of rotatable bonds is 6. The zero-order valence-corrected chi connectivity index (χ0v) is 23.9. The molecule has 0 aliphatic heterocycles. The SMILES string of the molecule is CC.CCC.CCCCCC[C@](C)(O)C1CC[C@H]2C3C[C@H](O)C4CC(O)CCC4[C@H]3CCC12C. The molecule has 3 nitrogen and oxygen atoms in total. The van der Waals surface area contributed by atoms with Crippen molar-refractivity contribution in [2.45, 2.75) is 156 Å². The van der Waals surface area contributed by atoms with Gasteiger partial charge in [-0.05, 0) is 106 Å². The zero-order valence-electron chi connectivity index (χ0n) is 23.9. The Morgan fingerprint density at radius 2 is 1.44 bits per heavy atom. The molecule has 0 aromatic heterocycles. The van der Waals surface area contributed by atoms with Crippen LogP contribution in [-0.4, -0.2) is 33.1 Å². The number of aliphatic hydroxyl groups is 3. The van der Waals surface area contributed by atoms with Gasteiger partial charge in [-0.3, -0.25) is 0 Å². The van der Waals surface area contributed by atoms with Crippen LogP contribution in [0.25, 0.3) is 0 Å². The van der Waals surface area contributed by atoms with E-state index in [2.05, 4.69) is 34.6 Å². The summed E-state index contributed by atoms with van der Waals surface area (Å²) in [6, 6.07) is 0. The fourth-order valence-electron chi connectivity index (χ4n) is 8.93. The first-order valence-corrected chi connectivity index (χ1v) is 15.3. The van der Waals surface area contributed by atoms with Crippen LogP contribution in [0.5, 0.6) is 0 Å². The molecule has 0 radical (unpaired) electrons. The summed E-state index contributed by atoms with van der Waals surface area (Å²) in [5.74, 6) is 3.37. The summed E-state index contributed by atoms with van der Waals surface area (Å²) in [5.41, 5.74) is -0.314. The Hall–Kier alpha value is -0.120. The van der Waals surface area contributed by atoms with Gasteiger partial charge in [-0.1, -0.05) is 73.6 Å². The largest absolute Gasteiger partial charge is 0.393 e. The summed E-state index contributed by atoms with van der Waals surface area (Å²) in [6.45, 7) is 15.1. The van der Waals surface area contributed by atoms with E-state index in [4.69, 9.17) is 0 Å². The summed E-state index contributed by atoms with van der Waals surface area (Å²) in [7, 11) is 0. The van der Waals surface area contributed by atoms with Gasteiger partial charge >= 0.3 is 0 Å². The van der Waals surface area contributed by atoms with Gasteiger partial charge in [-0.25, -0.2) is 0 Å². The van der Waals surface area contributed by atoms with Crippen LogP contribution in [-0.2, 0) is 0 Å². The third-order valence-electron chi connectivity index (χ3n) is 10.3. The van der Waals surface area contributed by atoms with Crippen LogP contribution in [0.4, 0.5) is 0 Å². The summed E-state index contributed by atoms with van der Waals surface area (Å²) in [5, 5.41) is 32.6. The molecule has 202 valence electrons. The lowest BCUT2D eigenvalue weighted by atomic mass is 9.48. The van der Waals surface area contributed by atoms with Crippen LogP contribution in [0.15, 0.2) is 0 Å². The fraction of sp³-hybridized carbons (Fsp3) is 1.00.